The van der Waals surface area contributed by atoms with Gasteiger partial charge in [0, 0.05) is 5.92 Å². The Hall–Kier alpha value is -1.60. The lowest BCUT2D eigenvalue weighted by atomic mass is 9.81. The van der Waals surface area contributed by atoms with E-state index in [9.17, 15) is 5.11 Å². The fourth-order valence-electron chi connectivity index (χ4n) is 3.05. The van der Waals surface area contributed by atoms with Gasteiger partial charge in [-0.25, -0.2) is 0 Å². The second-order valence-electron chi connectivity index (χ2n) is 7.33. The van der Waals surface area contributed by atoms with E-state index in [1.54, 1.807) is 0 Å². The van der Waals surface area contributed by atoms with E-state index >= 15 is 0 Å². The summed E-state index contributed by atoms with van der Waals surface area (Å²) in [7, 11) is 0. The molecule has 2 atom stereocenters. The zero-order valence-electron chi connectivity index (χ0n) is 14.2. The second-order valence-corrected chi connectivity index (χ2v) is 7.33. The van der Waals surface area contributed by atoms with E-state index in [0.717, 1.165) is 12.8 Å². The summed E-state index contributed by atoms with van der Waals surface area (Å²) in [6.07, 6.45) is 1.50. The molecule has 118 valence electrons. The molecule has 22 heavy (non-hydrogen) atoms. The SMILES string of the molecule is CCC(c1ccc(-c2ccccc2)cc1)C(O)CC(C)(C)C. The normalized spacial score (nSPS) is 14.6. The molecule has 1 N–H and O–H groups in total. The highest BCUT2D eigenvalue weighted by Gasteiger charge is 2.24. The Morgan fingerprint density at radius 2 is 1.41 bits per heavy atom. The maximum absolute atomic E-state index is 10.6. The van der Waals surface area contributed by atoms with Crippen molar-refractivity contribution in [3.8, 4) is 11.1 Å². The third-order valence-corrected chi connectivity index (χ3v) is 4.17. The molecule has 0 fully saturated rings. The Labute approximate surface area is 135 Å². The van der Waals surface area contributed by atoms with Crippen LogP contribution in [0.3, 0.4) is 0 Å². The van der Waals surface area contributed by atoms with Gasteiger partial charge in [0.05, 0.1) is 6.10 Å². The smallest absolute Gasteiger partial charge is 0.0613 e. The first-order chi connectivity index (χ1) is 10.4. The van der Waals surface area contributed by atoms with Crippen LogP contribution in [0, 0.1) is 5.41 Å². The van der Waals surface area contributed by atoms with Crippen LogP contribution in [0.15, 0.2) is 54.6 Å². The van der Waals surface area contributed by atoms with Crippen molar-refractivity contribution in [1.29, 1.82) is 0 Å². The third kappa shape index (κ3) is 4.45. The van der Waals surface area contributed by atoms with Gasteiger partial charge in [0.15, 0.2) is 0 Å². The summed E-state index contributed by atoms with van der Waals surface area (Å²) >= 11 is 0. The molecule has 0 amide bonds. The van der Waals surface area contributed by atoms with Gasteiger partial charge in [-0.15, -0.1) is 0 Å². The van der Waals surface area contributed by atoms with E-state index in [-0.39, 0.29) is 17.4 Å². The molecule has 2 aromatic rings. The van der Waals surface area contributed by atoms with Crippen molar-refractivity contribution >= 4 is 0 Å². The molecule has 1 nitrogen and oxygen atoms in total. The van der Waals surface area contributed by atoms with Crippen LogP contribution in [0.2, 0.25) is 0 Å². The monoisotopic (exact) mass is 296 g/mol. The van der Waals surface area contributed by atoms with Gasteiger partial charge in [-0.3, -0.25) is 0 Å². The molecular formula is C21H28O. The molecule has 0 radical (unpaired) electrons. The lowest BCUT2D eigenvalue weighted by molar-refractivity contribution is 0.0934. The molecule has 0 aromatic heterocycles. The lowest BCUT2D eigenvalue weighted by Crippen LogP contribution is -2.24. The summed E-state index contributed by atoms with van der Waals surface area (Å²) < 4.78 is 0. The number of hydrogen-bond donors (Lipinski definition) is 1. The molecule has 1 heteroatoms. The van der Waals surface area contributed by atoms with Crippen molar-refractivity contribution < 1.29 is 5.11 Å². The van der Waals surface area contributed by atoms with E-state index in [2.05, 4.69) is 76.2 Å². The fraction of sp³-hybridized carbons (Fsp3) is 0.429. The van der Waals surface area contributed by atoms with Crippen LogP contribution in [0.4, 0.5) is 0 Å². The summed E-state index contributed by atoms with van der Waals surface area (Å²) in [5.41, 5.74) is 3.84. The molecule has 0 saturated carbocycles. The summed E-state index contributed by atoms with van der Waals surface area (Å²) in [4.78, 5) is 0. The molecule has 2 rings (SSSR count). The largest absolute Gasteiger partial charge is 0.392 e. The summed E-state index contributed by atoms with van der Waals surface area (Å²) in [6.45, 7) is 8.70. The number of rotatable bonds is 5. The van der Waals surface area contributed by atoms with Crippen LogP contribution in [0.1, 0.15) is 52.0 Å². The Morgan fingerprint density at radius 3 is 1.91 bits per heavy atom. The van der Waals surface area contributed by atoms with Gasteiger partial charge in [-0.05, 0) is 34.9 Å². The number of benzene rings is 2. The van der Waals surface area contributed by atoms with Crippen LogP contribution >= 0.6 is 0 Å². The molecule has 0 spiro atoms. The topological polar surface area (TPSA) is 20.2 Å². The van der Waals surface area contributed by atoms with Crippen LogP contribution in [0.5, 0.6) is 0 Å². The number of aliphatic hydroxyl groups is 1. The zero-order valence-corrected chi connectivity index (χ0v) is 14.2. The van der Waals surface area contributed by atoms with Gasteiger partial charge in [0.25, 0.3) is 0 Å². The first kappa shape index (κ1) is 16.8. The molecule has 0 aliphatic heterocycles. The Morgan fingerprint density at radius 1 is 0.864 bits per heavy atom. The fourth-order valence-corrected chi connectivity index (χ4v) is 3.05. The predicted octanol–water partition coefficient (Wildman–Crippen LogP) is 5.64. The quantitative estimate of drug-likeness (QED) is 0.756. The van der Waals surface area contributed by atoms with Crippen LogP contribution in [0.25, 0.3) is 11.1 Å². The predicted molar refractivity (Wildman–Crippen MR) is 95.0 cm³/mol. The van der Waals surface area contributed by atoms with Crippen molar-refractivity contribution in [1.82, 2.24) is 0 Å². The van der Waals surface area contributed by atoms with Crippen molar-refractivity contribution in [2.45, 2.75) is 52.6 Å². The van der Waals surface area contributed by atoms with Gasteiger partial charge in [0.2, 0.25) is 0 Å². The Balaban J connectivity index is 2.17. The highest BCUT2D eigenvalue weighted by atomic mass is 16.3. The average molecular weight is 296 g/mol. The van der Waals surface area contributed by atoms with Gasteiger partial charge in [-0.2, -0.15) is 0 Å². The second kappa shape index (κ2) is 7.11. The average Bonchev–Trinajstić information content (AvgIpc) is 2.48. The molecular weight excluding hydrogens is 268 g/mol. The van der Waals surface area contributed by atoms with Gasteiger partial charge < -0.3 is 5.11 Å². The maximum Gasteiger partial charge on any atom is 0.0613 e. The van der Waals surface area contributed by atoms with Crippen LogP contribution in [-0.2, 0) is 0 Å². The molecule has 0 aliphatic carbocycles. The minimum Gasteiger partial charge on any atom is -0.392 e. The van der Waals surface area contributed by atoms with Gasteiger partial charge in [0.1, 0.15) is 0 Å². The summed E-state index contributed by atoms with van der Waals surface area (Å²) in [5.74, 6) is 0.212. The molecule has 0 heterocycles. The minimum atomic E-state index is -0.285. The van der Waals surface area contributed by atoms with Crippen molar-refractivity contribution in [2.75, 3.05) is 0 Å². The maximum atomic E-state index is 10.6. The van der Waals surface area contributed by atoms with E-state index in [1.165, 1.54) is 16.7 Å². The first-order valence-corrected chi connectivity index (χ1v) is 8.24. The van der Waals surface area contributed by atoms with E-state index in [4.69, 9.17) is 0 Å². The Bertz CT molecular complexity index is 563. The van der Waals surface area contributed by atoms with Crippen molar-refractivity contribution in [3.63, 3.8) is 0 Å². The highest BCUT2D eigenvalue weighted by Crippen LogP contribution is 2.32. The number of hydrogen-bond acceptors (Lipinski definition) is 1. The molecule has 0 bridgehead atoms. The molecule has 0 saturated heterocycles. The molecule has 2 unspecified atom stereocenters. The van der Waals surface area contributed by atoms with Gasteiger partial charge >= 0.3 is 0 Å². The molecule has 0 aliphatic rings. The standard InChI is InChI=1S/C21H28O/c1-5-19(20(22)15-21(2,3)4)18-13-11-17(12-14-18)16-9-7-6-8-10-16/h6-14,19-20,22H,5,15H2,1-4H3. The van der Waals surface area contributed by atoms with E-state index < -0.39 is 0 Å². The van der Waals surface area contributed by atoms with Crippen molar-refractivity contribution in [2.24, 2.45) is 5.41 Å². The van der Waals surface area contributed by atoms with E-state index in [1.807, 2.05) is 6.07 Å². The lowest BCUT2D eigenvalue weighted by Gasteiger charge is -2.28. The highest BCUT2D eigenvalue weighted by molar-refractivity contribution is 5.63. The van der Waals surface area contributed by atoms with Crippen LogP contribution < -0.4 is 0 Å². The Kier molecular flexibility index (Phi) is 5.42. The minimum absolute atomic E-state index is 0.150. The van der Waals surface area contributed by atoms with Crippen molar-refractivity contribution in [3.05, 3.63) is 60.2 Å². The van der Waals surface area contributed by atoms with Crippen LogP contribution in [-0.4, -0.2) is 11.2 Å². The summed E-state index contributed by atoms with van der Waals surface area (Å²) in [5, 5.41) is 10.6. The van der Waals surface area contributed by atoms with E-state index in [0.29, 0.717) is 0 Å². The van der Waals surface area contributed by atoms with Gasteiger partial charge in [-0.1, -0.05) is 82.3 Å². The third-order valence-electron chi connectivity index (χ3n) is 4.17. The molecule has 2 aromatic carbocycles. The number of aliphatic hydroxyl groups excluding tert-OH is 1. The zero-order chi connectivity index (χ0) is 16.2. The summed E-state index contributed by atoms with van der Waals surface area (Å²) in [6, 6.07) is 19.1. The first-order valence-electron chi connectivity index (χ1n) is 8.24.